The summed E-state index contributed by atoms with van der Waals surface area (Å²) < 4.78 is 7.23. The molecule has 140 valence electrons. The molecule has 0 atom stereocenters. The molecule has 1 aromatic carbocycles. The largest absolute Gasteiger partial charge is 0.466 e. The summed E-state index contributed by atoms with van der Waals surface area (Å²) in [5, 5.41) is 4.43. The van der Waals surface area contributed by atoms with Gasteiger partial charge in [-0.25, -0.2) is 0 Å². The van der Waals surface area contributed by atoms with Gasteiger partial charge < -0.3 is 4.42 Å². The maximum atomic E-state index is 12.2. The molecule has 0 bridgehead atoms. The first kappa shape index (κ1) is 18.4. The predicted molar refractivity (Wildman–Crippen MR) is 100 cm³/mol. The van der Waals surface area contributed by atoms with Gasteiger partial charge in [-0.2, -0.15) is 5.10 Å². The molecule has 0 saturated carbocycles. The van der Waals surface area contributed by atoms with E-state index in [4.69, 9.17) is 4.42 Å². The average Bonchev–Trinajstić information content (AvgIpc) is 3.13. The van der Waals surface area contributed by atoms with Crippen molar-refractivity contribution in [1.82, 2.24) is 20.6 Å². The lowest BCUT2D eigenvalue weighted by atomic mass is 10.1. The number of nitrogens with zero attached hydrogens (tertiary/aromatic N) is 2. The van der Waals surface area contributed by atoms with E-state index < -0.39 is 5.91 Å². The molecule has 0 aliphatic heterocycles. The number of aryl methyl sites for hydroxylation is 4. The number of nitrogens with one attached hydrogen (secondary N) is 2. The van der Waals surface area contributed by atoms with Crippen LogP contribution in [0.15, 0.2) is 40.8 Å². The number of amides is 2. The topological polar surface area (TPSA) is 89.2 Å². The first-order valence-corrected chi connectivity index (χ1v) is 8.61. The average molecular weight is 366 g/mol. The third-order valence-corrected chi connectivity index (χ3v) is 4.23. The van der Waals surface area contributed by atoms with Crippen LogP contribution in [-0.2, 0) is 6.54 Å². The zero-order valence-electron chi connectivity index (χ0n) is 15.8. The molecule has 0 fully saturated rings. The lowest BCUT2D eigenvalue weighted by Gasteiger charge is -2.08. The predicted octanol–water partition coefficient (Wildman–Crippen LogP) is 2.83. The van der Waals surface area contributed by atoms with Crippen LogP contribution in [0, 0.1) is 27.7 Å². The molecule has 3 aromatic rings. The van der Waals surface area contributed by atoms with E-state index in [2.05, 4.69) is 16.0 Å². The maximum absolute atomic E-state index is 12.2. The highest BCUT2D eigenvalue weighted by Gasteiger charge is 2.14. The van der Waals surface area contributed by atoms with Gasteiger partial charge in [-0.15, -0.1) is 0 Å². The van der Waals surface area contributed by atoms with E-state index in [9.17, 15) is 9.59 Å². The lowest BCUT2D eigenvalue weighted by Crippen LogP contribution is -2.41. The highest BCUT2D eigenvalue weighted by Crippen LogP contribution is 2.13. The second-order valence-corrected chi connectivity index (χ2v) is 6.52. The van der Waals surface area contributed by atoms with E-state index in [0.29, 0.717) is 29.2 Å². The Morgan fingerprint density at radius 3 is 2.22 bits per heavy atom. The van der Waals surface area contributed by atoms with Gasteiger partial charge in [-0.05, 0) is 57.5 Å². The van der Waals surface area contributed by atoms with Crippen molar-refractivity contribution in [2.75, 3.05) is 0 Å². The van der Waals surface area contributed by atoms with Crippen LogP contribution in [0.25, 0.3) is 0 Å². The van der Waals surface area contributed by atoms with Crippen LogP contribution in [0.2, 0.25) is 0 Å². The molecule has 0 saturated heterocycles. The van der Waals surface area contributed by atoms with Gasteiger partial charge in [0.25, 0.3) is 11.8 Å². The molecule has 7 heteroatoms. The molecule has 2 aromatic heterocycles. The second-order valence-electron chi connectivity index (χ2n) is 6.52. The van der Waals surface area contributed by atoms with Gasteiger partial charge in [0.2, 0.25) is 0 Å². The number of furan rings is 1. The van der Waals surface area contributed by atoms with E-state index in [0.717, 1.165) is 17.0 Å². The molecular weight excluding hydrogens is 344 g/mol. The van der Waals surface area contributed by atoms with Crippen LogP contribution in [0.5, 0.6) is 0 Å². The number of carbonyl (C=O) groups excluding carboxylic acids is 2. The summed E-state index contributed by atoms with van der Waals surface area (Å²) >= 11 is 0. The van der Waals surface area contributed by atoms with Gasteiger partial charge in [-0.3, -0.25) is 25.1 Å². The third kappa shape index (κ3) is 4.25. The smallest absolute Gasteiger partial charge is 0.273 e. The molecule has 7 nitrogen and oxygen atoms in total. The van der Waals surface area contributed by atoms with Crippen LogP contribution in [0.4, 0.5) is 0 Å². The van der Waals surface area contributed by atoms with Crippen molar-refractivity contribution in [3.05, 3.63) is 76.0 Å². The number of aromatic nitrogens is 2. The van der Waals surface area contributed by atoms with Gasteiger partial charge in [0.15, 0.2) is 0 Å². The fraction of sp³-hybridized carbons (Fsp3) is 0.250. The van der Waals surface area contributed by atoms with E-state index in [1.807, 2.05) is 36.7 Å². The number of carbonyl (C=O) groups is 2. The zero-order chi connectivity index (χ0) is 19.6. The SMILES string of the molecule is Cc1cc(C)n(Cc2ccc(C(=O)NNC(=O)c3cc(C)oc3C)cc2)n1. The first-order chi connectivity index (χ1) is 12.8. The van der Waals surface area contributed by atoms with Crippen molar-refractivity contribution in [2.24, 2.45) is 0 Å². The number of rotatable bonds is 4. The molecule has 2 heterocycles. The van der Waals surface area contributed by atoms with Crippen molar-refractivity contribution in [3.8, 4) is 0 Å². The molecule has 0 aliphatic rings. The number of hydrogen-bond donors (Lipinski definition) is 2. The highest BCUT2D eigenvalue weighted by atomic mass is 16.3. The van der Waals surface area contributed by atoms with Crippen molar-refractivity contribution in [3.63, 3.8) is 0 Å². The number of benzene rings is 1. The van der Waals surface area contributed by atoms with E-state index >= 15 is 0 Å². The molecule has 2 amide bonds. The maximum Gasteiger partial charge on any atom is 0.273 e. The van der Waals surface area contributed by atoms with Crippen LogP contribution in [0.3, 0.4) is 0 Å². The Morgan fingerprint density at radius 1 is 1.00 bits per heavy atom. The minimum atomic E-state index is -0.418. The Labute approximate surface area is 157 Å². The summed E-state index contributed by atoms with van der Waals surface area (Å²) in [7, 11) is 0. The van der Waals surface area contributed by atoms with Crippen molar-refractivity contribution >= 4 is 11.8 Å². The van der Waals surface area contributed by atoms with Gasteiger partial charge in [-0.1, -0.05) is 12.1 Å². The summed E-state index contributed by atoms with van der Waals surface area (Å²) in [4.78, 5) is 24.3. The summed E-state index contributed by atoms with van der Waals surface area (Å²) in [6.45, 7) is 8.06. The quantitative estimate of drug-likeness (QED) is 0.695. The normalized spacial score (nSPS) is 10.7. The van der Waals surface area contributed by atoms with Crippen molar-refractivity contribution in [2.45, 2.75) is 34.2 Å². The molecule has 3 rings (SSSR count). The van der Waals surface area contributed by atoms with Crippen LogP contribution in [-0.4, -0.2) is 21.6 Å². The molecular formula is C20H22N4O3. The standard InChI is InChI=1S/C20H22N4O3/c1-12-9-13(2)24(23-12)11-16-5-7-17(8-6-16)19(25)21-22-20(26)18-10-14(3)27-15(18)4/h5-10H,11H2,1-4H3,(H,21,25)(H,22,26). The zero-order valence-corrected chi connectivity index (χ0v) is 15.8. The lowest BCUT2D eigenvalue weighted by molar-refractivity contribution is 0.0845. The summed E-state index contributed by atoms with van der Waals surface area (Å²) in [5.74, 6) is 0.340. The Morgan fingerprint density at radius 2 is 1.67 bits per heavy atom. The van der Waals surface area contributed by atoms with Crippen LogP contribution >= 0.6 is 0 Å². The minimum absolute atomic E-state index is 0.390. The number of hydrogen-bond acceptors (Lipinski definition) is 4. The van der Waals surface area contributed by atoms with Crippen molar-refractivity contribution < 1.29 is 14.0 Å². The van der Waals surface area contributed by atoms with Gasteiger partial charge >= 0.3 is 0 Å². The molecule has 2 N–H and O–H groups in total. The fourth-order valence-electron chi connectivity index (χ4n) is 2.88. The summed E-state index contributed by atoms with van der Waals surface area (Å²) in [5.41, 5.74) is 8.76. The number of hydrazine groups is 1. The van der Waals surface area contributed by atoms with Gasteiger partial charge in [0, 0.05) is 11.3 Å². The van der Waals surface area contributed by atoms with E-state index in [1.165, 1.54) is 0 Å². The molecule has 0 aliphatic carbocycles. The molecule has 0 spiro atoms. The summed E-state index contributed by atoms with van der Waals surface area (Å²) in [6.07, 6.45) is 0. The first-order valence-electron chi connectivity index (χ1n) is 8.61. The molecule has 0 radical (unpaired) electrons. The fourth-order valence-corrected chi connectivity index (χ4v) is 2.88. The van der Waals surface area contributed by atoms with E-state index in [1.54, 1.807) is 32.0 Å². The van der Waals surface area contributed by atoms with Crippen molar-refractivity contribution in [1.29, 1.82) is 0 Å². The van der Waals surface area contributed by atoms with Gasteiger partial charge in [0.1, 0.15) is 11.5 Å². The Bertz CT molecular complexity index is 983. The van der Waals surface area contributed by atoms with Gasteiger partial charge in [0.05, 0.1) is 17.8 Å². The van der Waals surface area contributed by atoms with E-state index in [-0.39, 0.29) is 5.91 Å². The van der Waals surface area contributed by atoms with Crippen LogP contribution < -0.4 is 10.9 Å². The second kappa shape index (κ2) is 7.49. The molecule has 27 heavy (non-hydrogen) atoms. The monoisotopic (exact) mass is 366 g/mol. The molecule has 0 unspecified atom stereocenters. The Balaban J connectivity index is 1.59. The summed E-state index contributed by atoms with van der Waals surface area (Å²) in [6, 6.07) is 10.8. The highest BCUT2D eigenvalue weighted by molar-refractivity contribution is 5.99. The Hall–Kier alpha value is -3.35. The minimum Gasteiger partial charge on any atom is -0.466 e. The Kier molecular flexibility index (Phi) is 5.12. The van der Waals surface area contributed by atoms with Crippen LogP contribution in [0.1, 0.15) is 49.2 Å². The third-order valence-electron chi connectivity index (χ3n) is 4.23.